The van der Waals surface area contributed by atoms with Crippen molar-refractivity contribution >= 4 is 24.0 Å². The number of aryl methyl sites for hydroxylation is 1. The molecule has 0 aromatic heterocycles. The van der Waals surface area contributed by atoms with Crippen molar-refractivity contribution in [3.05, 3.63) is 35.4 Å². The van der Waals surface area contributed by atoms with Crippen molar-refractivity contribution in [1.29, 1.82) is 0 Å². The number of nitrogens with zero attached hydrogens (tertiary/aromatic N) is 1. The number of amides is 3. The van der Waals surface area contributed by atoms with E-state index in [0.29, 0.717) is 0 Å². The van der Waals surface area contributed by atoms with Crippen LogP contribution in [0.25, 0.3) is 0 Å². The van der Waals surface area contributed by atoms with Crippen molar-refractivity contribution in [2.24, 2.45) is 5.92 Å². The van der Waals surface area contributed by atoms with Crippen molar-refractivity contribution < 1.29 is 37.1 Å². The molecule has 4 atom stereocenters. The lowest BCUT2D eigenvalue weighted by molar-refractivity contribution is -0.156. The third-order valence-electron chi connectivity index (χ3n) is 6.34. The van der Waals surface area contributed by atoms with Gasteiger partial charge in [0.05, 0.1) is 18.7 Å². The molecule has 0 bridgehead atoms. The first-order valence-corrected chi connectivity index (χ1v) is 12.2. The molecular weight excluding hydrogens is 493 g/mol. The Kier molecular flexibility index (Phi) is 11.1. The van der Waals surface area contributed by atoms with E-state index < -0.39 is 30.6 Å². The van der Waals surface area contributed by atoms with Crippen LogP contribution in [0.4, 0.5) is 13.2 Å². The minimum absolute atomic E-state index is 0.0405. The van der Waals surface area contributed by atoms with Crippen LogP contribution in [0.15, 0.2) is 24.3 Å². The average molecular weight is 529 g/mol. The van der Waals surface area contributed by atoms with Gasteiger partial charge in [0.2, 0.25) is 24.0 Å². The van der Waals surface area contributed by atoms with Gasteiger partial charge in [-0.05, 0) is 50.3 Å². The van der Waals surface area contributed by atoms with E-state index in [1.54, 1.807) is 14.0 Å². The molecule has 1 aliphatic heterocycles. The topological polar surface area (TPSA) is 117 Å². The smallest absolute Gasteiger partial charge is 0.358 e. The molecule has 206 valence electrons. The highest BCUT2D eigenvalue weighted by Crippen LogP contribution is 2.30. The Balaban J connectivity index is 0.000000717. The third kappa shape index (κ3) is 8.53. The van der Waals surface area contributed by atoms with Crippen molar-refractivity contribution in [1.82, 2.24) is 20.9 Å². The molecule has 2 aliphatic rings. The number of carbonyl (C=O) groups is 4. The highest BCUT2D eigenvalue weighted by atomic mass is 19.4. The Morgan fingerprint density at radius 2 is 1.81 bits per heavy atom. The van der Waals surface area contributed by atoms with Crippen LogP contribution in [0.3, 0.4) is 0 Å². The molecule has 1 aromatic carbocycles. The van der Waals surface area contributed by atoms with Crippen molar-refractivity contribution in [2.75, 3.05) is 20.4 Å². The van der Waals surface area contributed by atoms with E-state index in [4.69, 9.17) is 9.53 Å². The van der Waals surface area contributed by atoms with Crippen molar-refractivity contribution in [3.63, 3.8) is 0 Å². The summed E-state index contributed by atoms with van der Waals surface area (Å²) in [6.45, 7) is 5.67. The van der Waals surface area contributed by atoms with Gasteiger partial charge in [0.1, 0.15) is 18.8 Å². The van der Waals surface area contributed by atoms with E-state index in [-0.39, 0.29) is 43.0 Å². The van der Waals surface area contributed by atoms with Crippen molar-refractivity contribution in [3.8, 4) is 0 Å². The zero-order valence-electron chi connectivity index (χ0n) is 21.4. The quantitative estimate of drug-likeness (QED) is 0.466. The van der Waals surface area contributed by atoms with Crippen LogP contribution >= 0.6 is 0 Å². The predicted molar refractivity (Wildman–Crippen MR) is 129 cm³/mol. The van der Waals surface area contributed by atoms with Crippen LogP contribution in [0.2, 0.25) is 0 Å². The Labute approximate surface area is 214 Å². The average Bonchev–Trinajstić information content (AvgIpc) is 3.36. The Morgan fingerprint density at radius 3 is 2.41 bits per heavy atom. The number of nitrogens with one attached hydrogen (secondary N) is 3. The summed E-state index contributed by atoms with van der Waals surface area (Å²) in [6, 6.07) is 6.24. The number of likely N-dealkylation sites (N-methyl/N-ethyl adjacent to an activating group) is 1. The second-order valence-corrected chi connectivity index (χ2v) is 9.38. The molecule has 1 heterocycles. The summed E-state index contributed by atoms with van der Waals surface area (Å²) in [5.41, 5.74) is 2.41. The van der Waals surface area contributed by atoms with Gasteiger partial charge in [-0.3, -0.25) is 19.2 Å². The Bertz CT molecular complexity index is 956. The lowest BCUT2D eigenvalue weighted by atomic mass is 9.87. The van der Waals surface area contributed by atoms with E-state index in [9.17, 15) is 27.6 Å². The van der Waals surface area contributed by atoms with Crippen LogP contribution in [0, 0.1) is 5.92 Å². The van der Waals surface area contributed by atoms with Gasteiger partial charge >= 0.3 is 6.18 Å². The van der Waals surface area contributed by atoms with Crippen LogP contribution in [0.5, 0.6) is 0 Å². The highest BCUT2D eigenvalue weighted by Gasteiger charge is 2.40. The summed E-state index contributed by atoms with van der Waals surface area (Å²) in [6.07, 6.45) is -2.80. The molecule has 1 saturated heterocycles. The van der Waals surface area contributed by atoms with Gasteiger partial charge in [-0.2, -0.15) is 13.2 Å². The van der Waals surface area contributed by atoms with Gasteiger partial charge in [-0.25, -0.2) is 0 Å². The van der Waals surface area contributed by atoms with Gasteiger partial charge in [-0.1, -0.05) is 38.1 Å². The van der Waals surface area contributed by atoms with E-state index in [1.165, 1.54) is 10.5 Å². The minimum atomic E-state index is -4.64. The van der Waals surface area contributed by atoms with Gasteiger partial charge in [0.25, 0.3) is 0 Å². The summed E-state index contributed by atoms with van der Waals surface area (Å²) in [7, 11) is 1.69. The van der Waals surface area contributed by atoms with Crippen LogP contribution in [-0.4, -0.2) is 73.6 Å². The number of alkyl halides is 3. The second kappa shape index (κ2) is 13.5. The van der Waals surface area contributed by atoms with Crippen LogP contribution < -0.4 is 16.0 Å². The molecule has 12 heteroatoms. The number of hydrogen-bond donors (Lipinski definition) is 3. The molecule has 3 N–H and O–H groups in total. The maximum absolute atomic E-state index is 13.3. The molecule has 1 aliphatic carbocycles. The molecule has 0 radical (unpaired) electrons. The minimum Gasteiger partial charge on any atom is -0.358 e. The van der Waals surface area contributed by atoms with Gasteiger partial charge in [-0.15, -0.1) is 0 Å². The number of hydrogen-bond acceptors (Lipinski definition) is 6. The summed E-state index contributed by atoms with van der Waals surface area (Å²) in [5, 5.41) is 8.82. The SMILES string of the molecule is CN[C@@H](C)C(=O)N[C@H](C(=O)N1COC[C@H]1C(=O)N[C@@H]1CCCc2ccccc21)C(C)C.O=CC(F)(F)F. The van der Waals surface area contributed by atoms with Gasteiger partial charge in [0, 0.05) is 0 Å². The van der Waals surface area contributed by atoms with Crippen LogP contribution in [0.1, 0.15) is 50.8 Å². The maximum atomic E-state index is 13.3. The summed E-state index contributed by atoms with van der Waals surface area (Å²) >= 11 is 0. The molecule has 1 aromatic rings. The first kappa shape index (κ1) is 30.2. The Hall–Kier alpha value is -2.99. The Morgan fingerprint density at radius 1 is 1.16 bits per heavy atom. The van der Waals surface area contributed by atoms with E-state index in [0.717, 1.165) is 24.8 Å². The highest BCUT2D eigenvalue weighted by molar-refractivity contribution is 5.93. The zero-order chi connectivity index (χ0) is 27.8. The standard InChI is InChI=1S/C23H34N4O4.C2HF3O/c1-14(2)20(26-21(28)15(3)24-4)23(30)27-13-31-12-19(27)22(29)25-18-11-7-9-16-8-5-6-10-17(16)18;3-2(4,5)1-6/h5-6,8,10,14-15,18-20,24H,7,9,11-13H2,1-4H3,(H,25,29)(H,26,28);1H/t15-,18+,19-,20-;/m0./s1. The number of rotatable bonds is 7. The molecule has 3 rings (SSSR count). The van der Waals surface area contributed by atoms with E-state index in [1.807, 2.05) is 26.0 Å². The molecule has 37 heavy (non-hydrogen) atoms. The van der Waals surface area contributed by atoms with E-state index >= 15 is 0 Å². The first-order valence-electron chi connectivity index (χ1n) is 12.2. The number of fused-ring (bicyclic) bond motifs is 1. The summed E-state index contributed by atoms with van der Waals surface area (Å²) in [4.78, 5) is 48.9. The van der Waals surface area contributed by atoms with Crippen LogP contribution in [-0.2, 0) is 30.3 Å². The number of benzene rings is 1. The zero-order valence-corrected chi connectivity index (χ0v) is 21.4. The number of carbonyl (C=O) groups excluding carboxylic acids is 4. The fraction of sp³-hybridized carbons (Fsp3) is 0.600. The normalized spacial score (nSPS) is 20.7. The number of aldehydes is 1. The number of halogens is 3. The summed E-state index contributed by atoms with van der Waals surface area (Å²) < 4.78 is 36.7. The van der Waals surface area contributed by atoms with Gasteiger partial charge in [0.15, 0.2) is 0 Å². The monoisotopic (exact) mass is 528 g/mol. The molecule has 0 unspecified atom stereocenters. The van der Waals surface area contributed by atoms with Crippen molar-refractivity contribution in [2.45, 2.75) is 70.4 Å². The fourth-order valence-electron chi connectivity index (χ4n) is 4.15. The predicted octanol–water partition coefficient (Wildman–Crippen LogP) is 1.86. The molecule has 3 amide bonds. The number of ether oxygens (including phenoxy) is 1. The lowest BCUT2D eigenvalue weighted by Gasteiger charge is -2.31. The third-order valence-corrected chi connectivity index (χ3v) is 6.34. The maximum Gasteiger partial charge on any atom is 0.446 e. The molecule has 1 fully saturated rings. The molecule has 0 spiro atoms. The molecular formula is C25H35F3N4O5. The lowest BCUT2D eigenvalue weighted by Crippen LogP contribution is -2.57. The molecule has 9 nitrogen and oxygen atoms in total. The van der Waals surface area contributed by atoms with E-state index in [2.05, 4.69) is 28.1 Å². The second-order valence-electron chi connectivity index (χ2n) is 9.38. The first-order chi connectivity index (χ1) is 17.4. The summed E-state index contributed by atoms with van der Waals surface area (Å²) in [5.74, 6) is -0.900. The fourth-order valence-corrected chi connectivity index (χ4v) is 4.15. The van der Waals surface area contributed by atoms with Gasteiger partial charge < -0.3 is 25.6 Å². The largest absolute Gasteiger partial charge is 0.446 e. The molecule has 0 saturated carbocycles.